The molecule has 1 aromatic heterocycles. The summed E-state index contributed by atoms with van der Waals surface area (Å²) in [5.41, 5.74) is 2.29. The predicted octanol–water partition coefficient (Wildman–Crippen LogP) is 3.37. The van der Waals surface area contributed by atoms with Gasteiger partial charge in [-0.05, 0) is 37.3 Å². The van der Waals surface area contributed by atoms with Gasteiger partial charge in [-0.2, -0.15) is 4.98 Å². The van der Waals surface area contributed by atoms with E-state index in [1.165, 1.54) is 12.0 Å². The first kappa shape index (κ1) is 20.7. The number of aliphatic imine (C=N–C) groups is 1. The summed E-state index contributed by atoms with van der Waals surface area (Å²) in [7, 11) is 1.73. The Balaban J connectivity index is 1.88. The topological polar surface area (TPSA) is 84.6 Å². The zero-order chi connectivity index (χ0) is 19.6. The third-order valence-electron chi connectivity index (χ3n) is 4.06. The van der Waals surface area contributed by atoms with E-state index in [2.05, 4.69) is 64.7 Å². The maximum atomic E-state index is 6.03. The van der Waals surface area contributed by atoms with Crippen LogP contribution in [-0.4, -0.2) is 29.8 Å². The van der Waals surface area contributed by atoms with Gasteiger partial charge in [-0.25, -0.2) is 0 Å². The van der Waals surface area contributed by atoms with Crippen molar-refractivity contribution in [3.63, 3.8) is 0 Å². The summed E-state index contributed by atoms with van der Waals surface area (Å²) >= 11 is 0. The molecule has 0 radical (unpaired) electrons. The fourth-order valence-electron chi connectivity index (χ4n) is 2.59. The van der Waals surface area contributed by atoms with Crippen LogP contribution in [0.15, 0.2) is 27.7 Å². The molecule has 0 saturated heterocycles. The van der Waals surface area contributed by atoms with Crippen molar-refractivity contribution in [3.8, 4) is 5.75 Å². The highest BCUT2D eigenvalue weighted by Crippen LogP contribution is 2.21. The van der Waals surface area contributed by atoms with Crippen LogP contribution in [0.5, 0.6) is 5.75 Å². The van der Waals surface area contributed by atoms with Gasteiger partial charge in [0, 0.05) is 26.1 Å². The number of benzene rings is 1. The third-order valence-corrected chi connectivity index (χ3v) is 4.06. The SMILES string of the molecule is CN=C(NCc1noc(C)n1)NCc1ccc(C)cc1OCCCC(C)C. The van der Waals surface area contributed by atoms with Crippen LogP contribution in [-0.2, 0) is 13.1 Å². The first-order valence-corrected chi connectivity index (χ1v) is 9.44. The molecule has 1 aromatic carbocycles. The van der Waals surface area contributed by atoms with Gasteiger partial charge in [-0.1, -0.05) is 31.1 Å². The summed E-state index contributed by atoms with van der Waals surface area (Å²) < 4.78 is 11.0. The highest BCUT2D eigenvalue weighted by Gasteiger charge is 2.08. The van der Waals surface area contributed by atoms with Gasteiger partial charge in [-0.15, -0.1) is 0 Å². The van der Waals surface area contributed by atoms with Crippen molar-refractivity contribution in [2.45, 2.75) is 53.6 Å². The van der Waals surface area contributed by atoms with E-state index in [0.29, 0.717) is 36.7 Å². The maximum absolute atomic E-state index is 6.03. The maximum Gasteiger partial charge on any atom is 0.223 e. The largest absolute Gasteiger partial charge is 0.493 e. The summed E-state index contributed by atoms with van der Waals surface area (Å²) in [6.07, 6.45) is 2.23. The fourth-order valence-corrected chi connectivity index (χ4v) is 2.59. The average Bonchev–Trinajstić information content (AvgIpc) is 3.05. The lowest BCUT2D eigenvalue weighted by Crippen LogP contribution is -2.36. The van der Waals surface area contributed by atoms with Crippen LogP contribution in [0.2, 0.25) is 0 Å². The van der Waals surface area contributed by atoms with Gasteiger partial charge in [0.1, 0.15) is 5.75 Å². The molecular formula is C20H31N5O2. The molecule has 2 rings (SSSR count). The molecule has 148 valence electrons. The van der Waals surface area contributed by atoms with E-state index >= 15 is 0 Å². The molecule has 2 N–H and O–H groups in total. The van der Waals surface area contributed by atoms with Gasteiger partial charge < -0.3 is 19.9 Å². The number of hydrogen-bond acceptors (Lipinski definition) is 5. The molecule has 0 aliphatic rings. The smallest absolute Gasteiger partial charge is 0.223 e. The Morgan fingerprint density at radius 1 is 1.22 bits per heavy atom. The molecule has 27 heavy (non-hydrogen) atoms. The second kappa shape index (κ2) is 10.5. The third kappa shape index (κ3) is 7.29. The number of ether oxygens (including phenoxy) is 1. The van der Waals surface area contributed by atoms with Gasteiger partial charge in [0.25, 0.3) is 0 Å². The lowest BCUT2D eigenvalue weighted by Gasteiger charge is -2.15. The summed E-state index contributed by atoms with van der Waals surface area (Å²) in [5.74, 6) is 3.44. The summed E-state index contributed by atoms with van der Waals surface area (Å²) in [6.45, 7) is 10.1. The quantitative estimate of drug-likeness (QED) is 0.398. The molecule has 0 saturated carbocycles. The van der Waals surface area contributed by atoms with Crippen LogP contribution in [0.1, 0.15) is 49.5 Å². The number of guanidine groups is 1. The van der Waals surface area contributed by atoms with Crippen LogP contribution in [0.3, 0.4) is 0 Å². The average molecular weight is 374 g/mol. The van der Waals surface area contributed by atoms with Crippen molar-refractivity contribution >= 4 is 5.96 Å². The molecule has 0 spiro atoms. The van der Waals surface area contributed by atoms with Gasteiger partial charge in [0.15, 0.2) is 11.8 Å². The number of nitrogens with one attached hydrogen (secondary N) is 2. The van der Waals surface area contributed by atoms with Crippen molar-refractivity contribution in [1.29, 1.82) is 0 Å². The zero-order valence-electron chi connectivity index (χ0n) is 17.0. The van der Waals surface area contributed by atoms with Crippen LogP contribution >= 0.6 is 0 Å². The van der Waals surface area contributed by atoms with Gasteiger partial charge in [0.2, 0.25) is 5.89 Å². The summed E-state index contributed by atoms with van der Waals surface area (Å²) in [5, 5.41) is 10.3. The van der Waals surface area contributed by atoms with Gasteiger partial charge in [-0.3, -0.25) is 4.99 Å². The van der Waals surface area contributed by atoms with Crippen molar-refractivity contribution in [1.82, 2.24) is 20.8 Å². The highest BCUT2D eigenvalue weighted by atomic mass is 16.5. The lowest BCUT2D eigenvalue weighted by atomic mass is 10.1. The molecule has 1 heterocycles. The normalized spacial score (nSPS) is 11.7. The van der Waals surface area contributed by atoms with Crippen molar-refractivity contribution < 1.29 is 9.26 Å². The van der Waals surface area contributed by atoms with Crippen molar-refractivity contribution in [3.05, 3.63) is 41.0 Å². The van der Waals surface area contributed by atoms with E-state index < -0.39 is 0 Å². The summed E-state index contributed by atoms with van der Waals surface area (Å²) in [4.78, 5) is 8.40. The molecule has 7 heteroatoms. The number of rotatable bonds is 9. The predicted molar refractivity (Wildman–Crippen MR) is 107 cm³/mol. The van der Waals surface area contributed by atoms with Crippen molar-refractivity contribution in [2.75, 3.05) is 13.7 Å². The van der Waals surface area contributed by atoms with E-state index in [1.54, 1.807) is 14.0 Å². The molecule has 2 aromatic rings. The fraction of sp³-hybridized carbons (Fsp3) is 0.550. The van der Waals surface area contributed by atoms with Crippen LogP contribution in [0.4, 0.5) is 0 Å². The monoisotopic (exact) mass is 373 g/mol. The highest BCUT2D eigenvalue weighted by molar-refractivity contribution is 5.79. The van der Waals surface area contributed by atoms with Gasteiger partial charge in [0.05, 0.1) is 13.2 Å². The van der Waals surface area contributed by atoms with E-state index in [-0.39, 0.29) is 0 Å². The Bertz CT molecular complexity index is 740. The first-order valence-electron chi connectivity index (χ1n) is 9.44. The van der Waals surface area contributed by atoms with E-state index in [0.717, 1.165) is 24.3 Å². The Morgan fingerprint density at radius 2 is 2.00 bits per heavy atom. The number of hydrogen-bond donors (Lipinski definition) is 2. The molecule has 7 nitrogen and oxygen atoms in total. The molecular weight excluding hydrogens is 342 g/mol. The molecule has 0 amide bonds. The molecule has 0 unspecified atom stereocenters. The van der Waals surface area contributed by atoms with E-state index in [1.807, 2.05) is 0 Å². The van der Waals surface area contributed by atoms with Crippen LogP contribution in [0, 0.1) is 19.8 Å². The Morgan fingerprint density at radius 3 is 2.67 bits per heavy atom. The lowest BCUT2D eigenvalue weighted by molar-refractivity contribution is 0.294. The molecule has 0 aliphatic heterocycles. The Labute approximate surface area is 161 Å². The minimum atomic E-state index is 0.448. The van der Waals surface area contributed by atoms with Crippen molar-refractivity contribution in [2.24, 2.45) is 10.9 Å². The number of nitrogens with zero attached hydrogens (tertiary/aromatic N) is 3. The number of aromatic nitrogens is 2. The molecule has 0 aliphatic carbocycles. The molecule has 0 fully saturated rings. The zero-order valence-corrected chi connectivity index (χ0v) is 17.0. The van der Waals surface area contributed by atoms with Crippen LogP contribution < -0.4 is 15.4 Å². The first-order chi connectivity index (χ1) is 13.0. The summed E-state index contributed by atoms with van der Waals surface area (Å²) in [6, 6.07) is 6.27. The second-order valence-electron chi connectivity index (χ2n) is 7.00. The Hall–Kier alpha value is -2.57. The molecule has 0 atom stereocenters. The molecule has 0 bridgehead atoms. The Kier molecular flexibility index (Phi) is 8.10. The minimum Gasteiger partial charge on any atom is -0.493 e. The number of aryl methyl sites for hydroxylation is 2. The van der Waals surface area contributed by atoms with E-state index in [4.69, 9.17) is 9.26 Å². The van der Waals surface area contributed by atoms with Crippen LogP contribution in [0.25, 0.3) is 0 Å². The standard InChI is InChI=1S/C20H31N5O2/c1-14(2)7-6-10-26-18-11-15(3)8-9-17(18)12-22-20(21-5)23-13-19-24-16(4)27-25-19/h8-9,11,14H,6-7,10,12-13H2,1-5H3,(H2,21,22,23). The second-order valence-corrected chi connectivity index (χ2v) is 7.00. The van der Waals surface area contributed by atoms with Gasteiger partial charge >= 0.3 is 0 Å². The minimum absolute atomic E-state index is 0.448. The van der Waals surface area contributed by atoms with E-state index in [9.17, 15) is 0 Å².